The van der Waals surface area contributed by atoms with E-state index in [2.05, 4.69) is 10.3 Å². The number of aryl methyl sites for hydroxylation is 3. The molecule has 5 nitrogen and oxygen atoms in total. The summed E-state index contributed by atoms with van der Waals surface area (Å²) >= 11 is 2.92. The summed E-state index contributed by atoms with van der Waals surface area (Å²) in [7, 11) is 0. The van der Waals surface area contributed by atoms with Crippen LogP contribution in [0.15, 0.2) is 34.4 Å². The van der Waals surface area contributed by atoms with Crippen molar-refractivity contribution in [1.82, 2.24) is 9.38 Å². The van der Waals surface area contributed by atoms with Crippen LogP contribution >= 0.6 is 23.1 Å². The van der Waals surface area contributed by atoms with Crippen LogP contribution in [0.3, 0.4) is 0 Å². The minimum atomic E-state index is -0.250. The maximum atomic E-state index is 12.5. The highest BCUT2D eigenvalue weighted by atomic mass is 32.2. The molecular formula is C19H21N3O2S2. The first-order valence-corrected chi connectivity index (χ1v) is 10.2. The van der Waals surface area contributed by atoms with Crippen molar-refractivity contribution in [3.63, 3.8) is 0 Å². The quantitative estimate of drug-likeness (QED) is 0.720. The molecule has 0 bridgehead atoms. The van der Waals surface area contributed by atoms with Gasteiger partial charge in [-0.3, -0.25) is 14.0 Å². The van der Waals surface area contributed by atoms with E-state index in [0.717, 1.165) is 22.5 Å². The summed E-state index contributed by atoms with van der Waals surface area (Å²) in [6.07, 6.45) is 0. The molecule has 3 rings (SSSR count). The number of anilines is 1. The summed E-state index contributed by atoms with van der Waals surface area (Å²) in [4.78, 5) is 29.9. The third kappa shape index (κ3) is 3.99. The lowest BCUT2D eigenvalue weighted by Crippen LogP contribution is -2.23. The number of nitrogens with one attached hydrogen (secondary N) is 1. The zero-order chi connectivity index (χ0) is 18.8. The van der Waals surface area contributed by atoms with Crippen molar-refractivity contribution in [2.24, 2.45) is 0 Å². The second-order valence-electron chi connectivity index (χ2n) is 6.34. The number of aromatic nitrogens is 2. The summed E-state index contributed by atoms with van der Waals surface area (Å²) in [5.41, 5.74) is 4.51. The largest absolute Gasteiger partial charge is 0.325 e. The number of hydrogen-bond acceptors (Lipinski definition) is 5. The Morgan fingerprint density at radius 1 is 1.31 bits per heavy atom. The highest BCUT2D eigenvalue weighted by Gasteiger charge is 2.16. The SMILES string of the molecule is Cc1ccc(C)c(NC(=O)C(C)SCc2cc(=O)n3c(C)csc3n2)c1. The molecule has 1 atom stereocenters. The molecule has 0 saturated heterocycles. The van der Waals surface area contributed by atoms with E-state index in [9.17, 15) is 9.59 Å². The first kappa shape index (κ1) is 18.7. The van der Waals surface area contributed by atoms with Gasteiger partial charge >= 0.3 is 0 Å². The van der Waals surface area contributed by atoms with Gasteiger partial charge in [0.25, 0.3) is 5.56 Å². The van der Waals surface area contributed by atoms with Gasteiger partial charge in [0, 0.05) is 28.6 Å². The Balaban J connectivity index is 1.66. The fraction of sp³-hybridized carbons (Fsp3) is 0.316. The zero-order valence-electron chi connectivity index (χ0n) is 15.2. The molecule has 1 aromatic carbocycles. The average molecular weight is 388 g/mol. The molecule has 0 fully saturated rings. The number of carbonyl (C=O) groups excluding carboxylic acids is 1. The molecule has 0 spiro atoms. The van der Waals surface area contributed by atoms with Crippen LogP contribution in [0, 0.1) is 20.8 Å². The summed E-state index contributed by atoms with van der Waals surface area (Å²) in [6.45, 7) is 7.73. The van der Waals surface area contributed by atoms with E-state index in [-0.39, 0.29) is 16.7 Å². The number of thioether (sulfide) groups is 1. The molecule has 1 amide bonds. The second kappa shape index (κ2) is 7.63. The number of hydrogen-bond donors (Lipinski definition) is 1. The van der Waals surface area contributed by atoms with Gasteiger partial charge in [-0.15, -0.1) is 23.1 Å². The van der Waals surface area contributed by atoms with E-state index in [1.54, 1.807) is 10.5 Å². The van der Waals surface area contributed by atoms with Gasteiger partial charge < -0.3 is 5.32 Å². The molecule has 0 aliphatic carbocycles. The Hall–Kier alpha value is -2.12. The molecule has 3 aromatic rings. The lowest BCUT2D eigenvalue weighted by molar-refractivity contribution is -0.115. The Morgan fingerprint density at radius 2 is 2.08 bits per heavy atom. The Kier molecular flexibility index (Phi) is 5.48. The Labute approximate surface area is 160 Å². The van der Waals surface area contributed by atoms with Crippen LogP contribution in [-0.4, -0.2) is 20.5 Å². The average Bonchev–Trinajstić information content (AvgIpc) is 2.97. The van der Waals surface area contributed by atoms with Crippen LogP contribution in [0.1, 0.15) is 29.4 Å². The summed E-state index contributed by atoms with van der Waals surface area (Å²) in [5.74, 6) is 0.470. The van der Waals surface area contributed by atoms with Gasteiger partial charge in [-0.05, 0) is 44.9 Å². The molecule has 1 N–H and O–H groups in total. The van der Waals surface area contributed by atoms with Gasteiger partial charge in [0.2, 0.25) is 5.91 Å². The first-order chi connectivity index (χ1) is 12.3. The normalized spacial score (nSPS) is 12.3. The number of rotatable bonds is 5. The molecule has 0 radical (unpaired) electrons. The third-order valence-electron chi connectivity index (χ3n) is 4.13. The van der Waals surface area contributed by atoms with Gasteiger partial charge in [0.05, 0.1) is 10.9 Å². The summed E-state index contributed by atoms with van der Waals surface area (Å²) in [5, 5.41) is 4.66. The first-order valence-electron chi connectivity index (χ1n) is 8.31. The topological polar surface area (TPSA) is 63.5 Å². The maximum Gasteiger partial charge on any atom is 0.258 e. The lowest BCUT2D eigenvalue weighted by Gasteiger charge is -2.14. The van der Waals surface area contributed by atoms with Crippen LogP contribution in [-0.2, 0) is 10.5 Å². The van der Waals surface area contributed by atoms with Gasteiger partial charge in [0.1, 0.15) is 0 Å². The monoisotopic (exact) mass is 387 g/mol. The van der Waals surface area contributed by atoms with Crippen molar-refractivity contribution >= 4 is 39.7 Å². The van der Waals surface area contributed by atoms with E-state index in [1.807, 2.05) is 51.3 Å². The number of amides is 1. The predicted molar refractivity (Wildman–Crippen MR) is 109 cm³/mol. The van der Waals surface area contributed by atoms with Crippen molar-refractivity contribution < 1.29 is 4.79 Å². The van der Waals surface area contributed by atoms with Crippen LogP contribution in [0.2, 0.25) is 0 Å². The molecule has 26 heavy (non-hydrogen) atoms. The third-order valence-corrected chi connectivity index (χ3v) is 6.25. The Morgan fingerprint density at radius 3 is 2.85 bits per heavy atom. The van der Waals surface area contributed by atoms with E-state index in [4.69, 9.17) is 0 Å². The van der Waals surface area contributed by atoms with Gasteiger partial charge in [-0.2, -0.15) is 0 Å². The lowest BCUT2D eigenvalue weighted by atomic mass is 10.1. The summed E-state index contributed by atoms with van der Waals surface area (Å²) in [6, 6.07) is 7.54. The van der Waals surface area contributed by atoms with Crippen molar-refractivity contribution in [2.75, 3.05) is 5.32 Å². The number of benzene rings is 1. The van der Waals surface area contributed by atoms with Gasteiger partial charge in [-0.25, -0.2) is 4.98 Å². The van der Waals surface area contributed by atoms with Gasteiger partial charge in [-0.1, -0.05) is 12.1 Å². The molecule has 0 aliphatic heterocycles. The van der Waals surface area contributed by atoms with Crippen LogP contribution in [0.5, 0.6) is 0 Å². The van der Waals surface area contributed by atoms with Gasteiger partial charge in [0.15, 0.2) is 4.96 Å². The number of nitrogens with zero attached hydrogens (tertiary/aromatic N) is 2. The van der Waals surface area contributed by atoms with Crippen molar-refractivity contribution in [3.05, 3.63) is 62.5 Å². The molecule has 136 valence electrons. The molecule has 2 aromatic heterocycles. The zero-order valence-corrected chi connectivity index (χ0v) is 16.8. The van der Waals surface area contributed by atoms with E-state index < -0.39 is 0 Å². The van der Waals surface area contributed by atoms with Crippen LogP contribution < -0.4 is 10.9 Å². The van der Waals surface area contributed by atoms with Crippen molar-refractivity contribution in [3.8, 4) is 0 Å². The smallest absolute Gasteiger partial charge is 0.258 e. The van der Waals surface area contributed by atoms with Crippen LogP contribution in [0.4, 0.5) is 5.69 Å². The summed E-state index contributed by atoms with van der Waals surface area (Å²) < 4.78 is 1.61. The number of fused-ring (bicyclic) bond motifs is 1. The molecular weight excluding hydrogens is 366 g/mol. The maximum absolute atomic E-state index is 12.5. The second-order valence-corrected chi connectivity index (χ2v) is 8.51. The minimum Gasteiger partial charge on any atom is -0.325 e. The Bertz CT molecular complexity index is 1020. The predicted octanol–water partition coefficient (Wildman–Crippen LogP) is 3.94. The van der Waals surface area contributed by atoms with Crippen molar-refractivity contribution in [1.29, 1.82) is 0 Å². The molecule has 1 unspecified atom stereocenters. The highest BCUT2D eigenvalue weighted by Crippen LogP contribution is 2.21. The molecule has 0 aliphatic rings. The van der Waals surface area contributed by atoms with E-state index in [0.29, 0.717) is 16.4 Å². The highest BCUT2D eigenvalue weighted by molar-refractivity contribution is 7.99. The number of thiazole rings is 1. The molecule has 0 saturated carbocycles. The number of carbonyl (C=O) groups is 1. The molecule has 7 heteroatoms. The standard InChI is InChI=1S/C19H21N3O2S2/c1-11-5-6-12(2)16(7-11)21-18(24)14(4)25-10-15-8-17(23)22-13(3)9-26-19(22)20-15/h5-9,14H,10H2,1-4H3,(H,21,24). The fourth-order valence-corrected chi connectivity index (χ4v) is 4.24. The van der Waals surface area contributed by atoms with E-state index >= 15 is 0 Å². The van der Waals surface area contributed by atoms with E-state index in [1.165, 1.54) is 23.1 Å². The van der Waals surface area contributed by atoms with Crippen LogP contribution in [0.25, 0.3) is 4.96 Å². The van der Waals surface area contributed by atoms with Crippen molar-refractivity contribution in [2.45, 2.75) is 38.7 Å². The minimum absolute atomic E-state index is 0.0477. The fourth-order valence-electron chi connectivity index (χ4n) is 2.57. The molecule has 2 heterocycles.